The summed E-state index contributed by atoms with van der Waals surface area (Å²) in [5.74, 6) is 0. The Balaban J connectivity index is 0. The summed E-state index contributed by atoms with van der Waals surface area (Å²) in [5.41, 5.74) is 4.25. The van der Waals surface area contributed by atoms with Crippen LogP contribution in [0.2, 0.25) is 0 Å². The number of hydrogen-bond donors (Lipinski definition) is 0. The zero-order chi connectivity index (χ0) is 6.15. The van der Waals surface area contributed by atoms with Gasteiger partial charge in [-0.3, -0.25) is 0 Å². The Morgan fingerprint density at radius 1 is 1.30 bits per heavy atom. The van der Waals surface area contributed by atoms with E-state index in [1.54, 1.807) is 0 Å². The van der Waals surface area contributed by atoms with Crippen LogP contribution in [0.3, 0.4) is 0 Å². The van der Waals surface area contributed by atoms with Crippen LogP contribution < -0.4 is 0 Å². The Morgan fingerprint density at radius 2 is 1.80 bits per heavy atom. The van der Waals surface area contributed by atoms with Crippen LogP contribution in [-0.4, -0.2) is 0 Å². The van der Waals surface area contributed by atoms with Gasteiger partial charge in [-0.05, 0) is 0 Å². The summed E-state index contributed by atoms with van der Waals surface area (Å²) in [4.78, 5) is 0. The van der Waals surface area contributed by atoms with E-state index in [1.807, 2.05) is 0 Å². The standard InChI is InChI=1S/C8H11.CH3.Pt/c1-6-4-5-7(2)8(6)3;;/h4-5H,1-3H3;1H3;/q2*-1;+4. The first-order chi connectivity index (χ1) is 3.72. The van der Waals surface area contributed by atoms with Gasteiger partial charge in [0.05, 0.1) is 0 Å². The third kappa shape index (κ3) is 2.34. The number of rotatable bonds is 0. The van der Waals surface area contributed by atoms with Gasteiger partial charge < -0.3 is 7.43 Å². The molecule has 1 aromatic carbocycles. The van der Waals surface area contributed by atoms with Gasteiger partial charge in [-0.2, -0.15) is 22.8 Å². The zero-order valence-corrected chi connectivity index (χ0v) is 9.24. The maximum atomic E-state index is 2.16. The summed E-state index contributed by atoms with van der Waals surface area (Å²) in [6.07, 6.45) is 0. The van der Waals surface area contributed by atoms with Crippen LogP contribution in [0.15, 0.2) is 12.1 Å². The number of hydrogen-bond acceptors (Lipinski definition) is 0. The van der Waals surface area contributed by atoms with Crippen molar-refractivity contribution in [2.24, 2.45) is 0 Å². The van der Waals surface area contributed by atoms with Crippen molar-refractivity contribution >= 4 is 0 Å². The van der Waals surface area contributed by atoms with Crippen LogP contribution in [0.4, 0.5) is 0 Å². The molecule has 1 heteroatoms. The maximum absolute atomic E-state index is 2.16. The molecule has 10 heavy (non-hydrogen) atoms. The summed E-state index contributed by atoms with van der Waals surface area (Å²) < 4.78 is 0. The minimum Gasteiger partial charge on any atom is -0.358 e. The quantitative estimate of drug-likeness (QED) is 0.646. The smallest absolute Gasteiger partial charge is 0.358 e. The van der Waals surface area contributed by atoms with Crippen molar-refractivity contribution in [2.45, 2.75) is 20.8 Å². The van der Waals surface area contributed by atoms with Gasteiger partial charge in [-0.1, -0.05) is 20.8 Å². The van der Waals surface area contributed by atoms with Crippen LogP contribution in [0.1, 0.15) is 16.7 Å². The zero-order valence-electron chi connectivity index (χ0n) is 6.97. The molecule has 0 nitrogen and oxygen atoms in total. The van der Waals surface area contributed by atoms with Gasteiger partial charge in [0.1, 0.15) is 0 Å². The molecule has 0 bridgehead atoms. The monoisotopic (exact) mass is 317 g/mol. The van der Waals surface area contributed by atoms with Crippen molar-refractivity contribution in [3.63, 3.8) is 0 Å². The molecule has 0 radical (unpaired) electrons. The molecular weight excluding hydrogens is 303 g/mol. The third-order valence-corrected chi connectivity index (χ3v) is 1.77. The van der Waals surface area contributed by atoms with E-state index in [4.69, 9.17) is 0 Å². The predicted molar refractivity (Wildman–Crippen MR) is 42.7 cm³/mol. The molecule has 0 atom stereocenters. The summed E-state index contributed by atoms with van der Waals surface area (Å²) in [7, 11) is 0. The minimum atomic E-state index is 0. The molecule has 0 N–H and O–H groups in total. The van der Waals surface area contributed by atoms with E-state index in [-0.39, 0.29) is 28.5 Å². The molecule has 0 spiro atoms. The van der Waals surface area contributed by atoms with Crippen LogP contribution in [-0.2, 0) is 21.1 Å². The van der Waals surface area contributed by atoms with Crippen molar-refractivity contribution < 1.29 is 21.1 Å². The van der Waals surface area contributed by atoms with Crippen molar-refractivity contribution in [1.82, 2.24) is 0 Å². The minimum absolute atomic E-state index is 0. The van der Waals surface area contributed by atoms with Gasteiger partial charge in [-0.15, -0.1) is 0 Å². The van der Waals surface area contributed by atoms with Gasteiger partial charge in [0.25, 0.3) is 0 Å². The second kappa shape index (κ2) is 4.79. The summed E-state index contributed by atoms with van der Waals surface area (Å²) >= 11 is 0. The molecule has 0 fully saturated rings. The SMILES string of the molecule is Cc1cc[c-](C)c1C.[CH3-].[Pt+4]. The maximum Gasteiger partial charge on any atom is 4.00 e. The van der Waals surface area contributed by atoms with E-state index in [9.17, 15) is 0 Å². The summed E-state index contributed by atoms with van der Waals surface area (Å²) in [5, 5.41) is 0. The fourth-order valence-corrected chi connectivity index (χ4v) is 0.811. The van der Waals surface area contributed by atoms with Gasteiger partial charge in [0.2, 0.25) is 0 Å². The Morgan fingerprint density at radius 3 is 1.90 bits per heavy atom. The van der Waals surface area contributed by atoms with E-state index in [0.717, 1.165) is 0 Å². The summed E-state index contributed by atoms with van der Waals surface area (Å²) in [6, 6.07) is 4.31. The van der Waals surface area contributed by atoms with Crippen LogP contribution in [0, 0.1) is 28.2 Å². The van der Waals surface area contributed by atoms with Gasteiger partial charge in [-0.25, -0.2) is 6.07 Å². The fourth-order valence-electron chi connectivity index (χ4n) is 0.811. The normalized spacial score (nSPS) is 7.90. The van der Waals surface area contributed by atoms with Gasteiger partial charge >= 0.3 is 21.1 Å². The molecule has 0 saturated heterocycles. The van der Waals surface area contributed by atoms with Crippen molar-refractivity contribution in [3.05, 3.63) is 36.2 Å². The summed E-state index contributed by atoms with van der Waals surface area (Å²) in [6.45, 7) is 6.44. The Labute approximate surface area is 78.3 Å². The molecular formula is C9H14Pt+2. The average Bonchev–Trinajstić information content (AvgIpc) is 1.98. The van der Waals surface area contributed by atoms with Crippen LogP contribution in [0.5, 0.6) is 0 Å². The molecule has 0 amide bonds. The molecule has 0 aromatic heterocycles. The molecule has 0 aliphatic heterocycles. The Hall–Kier alpha value is 0.0383. The Bertz CT molecular complexity index is 167. The third-order valence-electron chi connectivity index (χ3n) is 1.77. The van der Waals surface area contributed by atoms with Crippen molar-refractivity contribution in [1.29, 1.82) is 0 Å². The first kappa shape index (κ1) is 12.7. The molecule has 1 rings (SSSR count). The fraction of sp³-hybridized carbons (Fsp3) is 0.333. The van der Waals surface area contributed by atoms with Crippen molar-refractivity contribution in [2.75, 3.05) is 0 Å². The molecule has 0 aliphatic carbocycles. The van der Waals surface area contributed by atoms with E-state index in [2.05, 4.69) is 32.9 Å². The average molecular weight is 317 g/mol. The van der Waals surface area contributed by atoms with E-state index >= 15 is 0 Å². The molecule has 1 aromatic rings. The second-order valence-electron chi connectivity index (χ2n) is 2.32. The topological polar surface area (TPSA) is 0 Å². The first-order valence-corrected chi connectivity index (χ1v) is 2.91. The molecule has 58 valence electrons. The second-order valence-corrected chi connectivity index (χ2v) is 2.32. The van der Waals surface area contributed by atoms with Crippen LogP contribution in [0.25, 0.3) is 0 Å². The van der Waals surface area contributed by atoms with Crippen LogP contribution >= 0.6 is 0 Å². The molecule has 0 heterocycles. The predicted octanol–water partition coefficient (Wildman–Crippen LogP) is 2.78. The van der Waals surface area contributed by atoms with E-state index in [0.29, 0.717) is 0 Å². The largest absolute Gasteiger partial charge is 4.00 e. The van der Waals surface area contributed by atoms with Gasteiger partial charge in [0, 0.05) is 0 Å². The van der Waals surface area contributed by atoms with E-state index < -0.39 is 0 Å². The van der Waals surface area contributed by atoms with Gasteiger partial charge in [0.15, 0.2) is 0 Å². The molecule has 0 saturated carbocycles. The van der Waals surface area contributed by atoms with E-state index in [1.165, 1.54) is 16.7 Å². The molecule has 0 unspecified atom stereocenters. The Kier molecular flexibility index (Phi) is 6.08. The first-order valence-electron chi connectivity index (χ1n) is 2.91. The molecule has 0 aliphatic rings. The number of aryl methyl sites for hydroxylation is 2. The van der Waals surface area contributed by atoms with Crippen molar-refractivity contribution in [3.8, 4) is 0 Å².